The van der Waals surface area contributed by atoms with Gasteiger partial charge in [-0.1, -0.05) is 18.2 Å². The van der Waals surface area contributed by atoms with E-state index < -0.39 is 0 Å². The van der Waals surface area contributed by atoms with Gasteiger partial charge < -0.3 is 15.4 Å². The van der Waals surface area contributed by atoms with Crippen molar-refractivity contribution < 1.29 is 9.13 Å². The van der Waals surface area contributed by atoms with Gasteiger partial charge in [-0.15, -0.1) is 0 Å². The first-order valence-electron chi connectivity index (χ1n) is 8.70. The second-order valence-corrected chi connectivity index (χ2v) is 5.96. The number of ether oxygens (including phenoxy) is 1. The molecular weight excluding hydrogens is 355 g/mol. The smallest absolute Gasteiger partial charge is 0.229 e. The zero-order chi connectivity index (χ0) is 19.2. The summed E-state index contributed by atoms with van der Waals surface area (Å²) < 4.78 is 18.8. The molecule has 6 heteroatoms. The molecule has 3 aromatic carbocycles. The quantitative estimate of drug-likeness (QED) is 0.442. The van der Waals surface area contributed by atoms with Crippen molar-refractivity contribution in [2.24, 2.45) is 0 Å². The number of halogens is 1. The van der Waals surface area contributed by atoms with Gasteiger partial charge in [0.25, 0.3) is 0 Å². The zero-order valence-electron chi connectivity index (χ0n) is 14.8. The normalized spacial score (nSPS) is 10.3. The number of hydrogen-bond donors (Lipinski definition) is 2. The Morgan fingerprint density at radius 2 is 1.32 bits per heavy atom. The lowest BCUT2D eigenvalue weighted by molar-refractivity contribution is 0.483. The number of aromatic nitrogens is 2. The van der Waals surface area contributed by atoms with Crippen molar-refractivity contribution >= 4 is 23.1 Å². The molecule has 0 unspecified atom stereocenters. The number of anilines is 4. The Kier molecular flexibility index (Phi) is 5.11. The maximum Gasteiger partial charge on any atom is 0.229 e. The Labute approximate surface area is 161 Å². The lowest BCUT2D eigenvalue weighted by Gasteiger charge is -2.09. The van der Waals surface area contributed by atoms with Crippen LogP contribution in [0.15, 0.2) is 91.1 Å². The van der Waals surface area contributed by atoms with Crippen molar-refractivity contribution in [3.05, 3.63) is 96.9 Å². The van der Waals surface area contributed by atoms with Gasteiger partial charge in [0, 0.05) is 17.6 Å². The molecule has 1 aromatic heterocycles. The van der Waals surface area contributed by atoms with Crippen LogP contribution in [0.1, 0.15) is 0 Å². The van der Waals surface area contributed by atoms with Gasteiger partial charge in [0.1, 0.15) is 23.1 Å². The highest BCUT2D eigenvalue weighted by Gasteiger charge is 2.03. The fraction of sp³-hybridized carbons (Fsp3) is 0. The third-order valence-corrected chi connectivity index (χ3v) is 3.86. The number of nitrogens with zero attached hydrogens (tertiary/aromatic N) is 2. The summed E-state index contributed by atoms with van der Waals surface area (Å²) in [6.07, 6.45) is 1.65. The molecule has 0 aliphatic heterocycles. The highest BCUT2D eigenvalue weighted by atomic mass is 19.1. The molecule has 0 atom stereocenters. The third kappa shape index (κ3) is 4.62. The van der Waals surface area contributed by atoms with Gasteiger partial charge in [0.05, 0.1) is 0 Å². The molecule has 0 spiro atoms. The molecule has 0 bridgehead atoms. The van der Waals surface area contributed by atoms with E-state index in [0.717, 1.165) is 22.9 Å². The van der Waals surface area contributed by atoms with E-state index in [-0.39, 0.29) is 5.82 Å². The van der Waals surface area contributed by atoms with Gasteiger partial charge in [-0.2, -0.15) is 4.98 Å². The molecule has 0 fully saturated rings. The van der Waals surface area contributed by atoms with Crippen LogP contribution in [0.25, 0.3) is 0 Å². The van der Waals surface area contributed by atoms with Crippen LogP contribution >= 0.6 is 0 Å². The van der Waals surface area contributed by atoms with E-state index in [1.165, 1.54) is 12.1 Å². The summed E-state index contributed by atoms with van der Waals surface area (Å²) in [4.78, 5) is 8.64. The molecule has 0 saturated carbocycles. The molecular formula is C22H17FN4O. The molecule has 28 heavy (non-hydrogen) atoms. The van der Waals surface area contributed by atoms with Crippen LogP contribution in [0.5, 0.6) is 11.5 Å². The van der Waals surface area contributed by atoms with Crippen LogP contribution in [0.3, 0.4) is 0 Å². The van der Waals surface area contributed by atoms with Crippen molar-refractivity contribution in [1.29, 1.82) is 0 Å². The molecule has 4 rings (SSSR count). The van der Waals surface area contributed by atoms with Crippen LogP contribution in [0.2, 0.25) is 0 Å². The van der Waals surface area contributed by atoms with E-state index in [1.807, 2.05) is 54.6 Å². The number of nitrogens with one attached hydrogen (secondary N) is 2. The van der Waals surface area contributed by atoms with Gasteiger partial charge in [-0.05, 0) is 66.7 Å². The number of rotatable bonds is 6. The predicted molar refractivity (Wildman–Crippen MR) is 108 cm³/mol. The minimum Gasteiger partial charge on any atom is -0.457 e. The van der Waals surface area contributed by atoms with E-state index in [2.05, 4.69) is 20.6 Å². The van der Waals surface area contributed by atoms with Crippen LogP contribution in [0, 0.1) is 5.82 Å². The maximum absolute atomic E-state index is 13.0. The highest BCUT2D eigenvalue weighted by Crippen LogP contribution is 2.24. The molecule has 2 N–H and O–H groups in total. The zero-order valence-corrected chi connectivity index (χ0v) is 14.8. The molecule has 4 aromatic rings. The van der Waals surface area contributed by atoms with Crippen LogP contribution in [-0.4, -0.2) is 9.97 Å². The average molecular weight is 372 g/mol. The SMILES string of the molecule is Fc1ccc(Nc2ccnc(Nc3ccc(Oc4ccccc4)cc3)n2)cc1. The fourth-order valence-corrected chi connectivity index (χ4v) is 2.53. The third-order valence-electron chi connectivity index (χ3n) is 3.86. The van der Waals surface area contributed by atoms with Crippen molar-refractivity contribution in [1.82, 2.24) is 9.97 Å². The molecule has 0 amide bonds. The molecule has 138 valence electrons. The summed E-state index contributed by atoms with van der Waals surface area (Å²) in [6, 6.07) is 24.9. The Morgan fingerprint density at radius 1 is 0.679 bits per heavy atom. The van der Waals surface area contributed by atoms with Gasteiger partial charge in [0.15, 0.2) is 0 Å². The summed E-state index contributed by atoms with van der Waals surface area (Å²) >= 11 is 0. The maximum atomic E-state index is 13.0. The Balaban J connectivity index is 1.42. The summed E-state index contributed by atoms with van der Waals surface area (Å²) in [5.41, 5.74) is 1.58. The number of para-hydroxylation sites is 1. The summed E-state index contributed by atoms with van der Waals surface area (Å²) in [6.45, 7) is 0. The first-order valence-corrected chi connectivity index (χ1v) is 8.70. The van der Waals surface area contributed by atoms with Crippen LogP contribution in [-0.2, 0) is 0 Å². The van der Waals surface area contributed by atoms with E-state index in [4.69, 9.17) is 4.74 Å². The Hall–Kier alpha value is -3.93. The highest BCUT2D eigenvalue weighted by molar-refractivity contribution is 5.59. The van der Waals surface area contributed by atoms with Crippen LogP contribution in [0.4, 0.5) is 27.5 Å². The topological polar surface area (TPSA) is 59.1 Å². The van der Waals surface area contributed by atoms with Crippen molar-refractivity contribution in [3.63, 3.8) is 0 Å². The van der Waals surface area contributed by atoms with Crippen molar-refractivity contribution in [2.75, 3.05) is 10.6 Å². The van der Waals surface area contributed by atoms with Gasteiger partial charge in [-0.3, -0.25) is 0 Å². The predicted octanol–water partition coefficient (Wildman–Crippen LogP) is 5.90. The Bertz CT molecular complexity index is 1040. The molecule has 0 aliphatic rings. The van der Waals surface area contributed by atoms with Crippen LogP contribution < -0.4 is 15.4 Å². The van der Waals surface area contributed by atoms with Gasteiger partial charge >= 0.3 is 0 Å². The number of hydrogen-bond acceptors (Lipinski definition) is 5. The second-order valence-electron chi connectivity index (χ2n) is 5.96. The summed E-state index contributed by atoms with van der Waals surface area (Å²) in [7, 11) is 0. The Morgan fingerprint density at radius 3 is 2.07 bits per heavy atom. The molecule has 0 saturated heterocycles. The van der Waals surface area contributed by atoms with E-state index >= 15 is 0 Å². The monoisotopic (exact) mass is 372 g/mol. The minimum atomic E-state index is -0.282. The van der Waals surface area contributed by atoms with E-state index in [9.17, 15) is 4.39 Å². The van der Waals surface area contributed by atoms with Gasteiger partial charge in [0.2, 0.25) is 5.95 Å². The van der Waals surface area contributed by atoms with Gasteiger partial charge in [-0.25, -0.2) is 9.37 Å². The lowest BCUT2D eigenvalue weighted by atomic mass is 10.3. The number of benzene rings is 3. The first kappa shape index (κ1) is 17.5. The average Bonchev–Trinajstić information content (AvgIpc) is 2.72. The van der Waals surface area contributed by atoms with Crippen molar-refractivity contribution in [2.45, 2.75) is 0 Å². The molecule has 5 nitrogen and oxygen atoms in total. The van der Waals surface area contributed by atoms with E-state index in [1.54, 1.807) is 24.4 Å². The summed E-state index contributed by atoms with van der Waals surface area (Å²) in [5.74, 6) is 2.29. The first-order chi connectivity index (χ1) is 13.7. The van der Waals surface area contributed by atoms with Crippen molar-refractivity contribution in [3.8, 4) is 11.5 Å². The molecule has 0 radical (unpaired) electrons. The fourth-order valence-electron chi connectivity index (χ4n) is 2.53. The summed E-state index contributed by atoms with van der Waals surface area (Å²) in [5, 5.41) is 6.27. The second kappa shape index (κ2) is 8.18. The molecule has 1 heterocycles. The molecule has 0 aliphatic carbocycles. The largest absolute Gasteiger partial charge is 0.457 e. The lowest BCUT2D eigenvalue weighted by Crippen LogP contribution is -2.00. The van der Waals surface area contributed by atoms with E-state index in [0.29, 0.717) is 11.8 Å². The standard InChI is InChI=1S/C22H17FN4O/c23-16-6-8-17(9-7-16)25-21-14-15-24-22(27-21)26-18-10-12-20(13-11-18)28-19-4-2-1-3-5-19/h1-15H,(H2,24,25,26,27). The minimum absolute atomic E-state index is 0.282.